The zero-order valence-electron chi connectivity index (χ0n) is 12.8. The molecule has 3 N–H and O–H groups in total. The summed E-state index contributed by atoms with van der Waals surface area (Å²) in [6.07, 6.45) is 8.61. The number of benzene rings is 1. The lowest BCUT2D eigenvalue weighted by Crippen LogP contribution is -2.14. The fraction of sp³-hybridized carbons (Fsp3) is 0. The Bertz CT molecular complexity index is 1000. The smallest absolute Gasteiger partial charge is 0.267 e. The van der Waals surface area contributed by atoms with E-state index in [0.29, 0.717) is 5.56 Å². The number of hydroxylamine groups is 1. The molecule has 0 aliphatic carbocycles. The van der Waals surface area contributed by atoms with Crippen LogP contribution in [0, 0.1) is 0 Å². The van der Waals surface area contributed by atoms with Crippen LogP contribution in [-0.2, 0) is 14.8 Å². The Hall–Kier alpha value is -3.17. The molecule has 0 saturated heterocycles. The molecule has 0 saturated carbocycles. The average molecular weight is 358 g/mol. The van der Waals surface area contributed by atoms with Crippen molar-refractivity contribution in [1.29, 1.82) is 0 Å². The van der Waals surface area contributed by atoms with Crippen molar-refractivity contribution in [3.8, 4) is 11.1 Å². The molecule has 0 aliphatic heterocycles. The highest BCUT2D eigenvalue weighted by Crippen LogP contribution is 2.22. The zero-order chi connectivity index (χ0) is 17.9. The van der Waals surface area contributed by atoms with Crippen LogP contribution in [0.1, 0.15) is 5.56 Å². The van der Waals surface area contributed by atoms with E-state index in [-0.39, 0.29) is 4.90 Å². The third-order valence-corrected chi connectivity index (χ3v) is 5.14. The maximum atomic E-state index is 12.6. The average Bonchev–Trinajstić information content (AvgIpc) is 3.31. The summed E-state index contributed by atoms with van der Waals surface area (Å²) in [6.45, 7) is 0. The fourth-order valence-electron chi connectivity index (χ4n) is 2.20. The molecule has 0 atom stereocenters. The standard InChI is InChI=1S/C16H14N4O4S/c21-16(19-22)6-1-12-7-8-20(11-12)25(23,24)15-4-2-13(3-5-15)14-9-17-18-10-14/h1-11,22H,(H,17,18)(H,19,21)/b6-1+. The molecule has 0 fully saturated rings. The first-order valence-electron chi connectivity index (χ1n) is 7.15. The lowest BCUT2D eigenvalue weighted by Gasteiger charge is -2.06. The van der Waals surface area contributed by atoms with Crippen LogP contribution < -0.4 is 5.48 Å². The van der Waals surface area contributed by atoms with Crippen LogP contribution in [0.3, 0.4) is 0 Å². The number of H-pyrrole nitrogens is 1. The summed E-state index contributed by atoms with van der Waals surface area (Å²) in [5.74, 6) is -0.703. The molecule has 0 bridgehead atoms. The number of carbonyl (C=O) groups excluding carboxylic acids is 1. The molecule has 0 radical (unpaired) electrons. The number of nitrogens with one attached hydrogen (secondary N) is 2. The third kappa shape index (κ3) is 3.52. The molecule has 3 rings (SSSR count). The first-order chi connectivity index (χ1) is 12.0. The maximum Gasteiger partial charge on any atom is 0.267 e. The normalized spacial score (nSPS) is 11.7. The molecule has 0 unspecified atom stereocenters. The highest BCUT2D eigenvalue weighted by Gasteiger charge is 2.16. The number of hydrogen-bond acceptors (Lipinski definition) is 5. The van der Waals surface area contributed by atoms with Crippen molar-refractivity contribution in [1.82, 2.24) is 19.6 Å². The van der Waals surface area contributed by atoms with Crippen molar-refractivity contribution in [3.05, 3.63) is 66.8 Å². The molecule has 8 nitrogen and oxygen atoms in total. The summed E-state index contributed by atoms with van der Waals surface area (Å²) in [5.41, 5.74) is 3.67. The summed E-state index contributed by atoms with van der Waals surface area (Å²) in [4.78, 5) is 11.1. The van der Waals surface area contributed by atoms with Crippen LogP contribution in [0.5, 0.6) is 0 Å². The second-order valence-electron chi connectivity index (χ2n) is 5.10. The van der Waals surface area contributed by atoms with Gasteiger partial charge in [-0.1, -0.05) is 12.1 Å². The van der Waals surface area contributed by atoms with E-state index in [9.17, 15) is 13.2 Å². The molecule has 3 aromatic rings. The van der Waals surface area contributed by atoms with E-state index >= 15 is 0 Å². The van der Waals surface area contributed by atoms with Gasteiger partial charge in [0.2, 0.25) is 0 Å². The monoisotopic (exact) mass is 358 g/mol. The van der Waals surface area contributed by atoms with Crippen molar-refractivity contribution in [2.45, 2.75) is 4.90 Å². The molecule has 25 heavy (non-hydrogen) atoms. The van der Waals surface area contributed by atoms with Gasteiger partial charge in [-0.2, -0.15) is 5.10 Å². The molecule has 128 valence electrons. The quantitative estimate of drug-likeness (QED) is 0.364. The van der Waals surface area contributed by atoms with E-state index in [4.69, 9.17) is 5.21 Å². The first-order valence-corrected chi connectivity index (χ1v) is 8.59. The first kappa shape index (κ1) is 16.7. The number of nitrogens with zero attached hydrogens (tertiary/aromatic N) is 2. The van der Waals surface area contributed by atoms with Crippen molar-refractivity contribution in [3.63, 3.8) is 0 Å². The van der Waals surface area contributed by atoms with Crippen molar-refractivity contribution >= 4 is 22.0 Å². The molecule has 0 spiro atoms. The van der Waals surface area contributed by atoms with Gasteiger partial charge in [-0.3, -0.25) is 15.1 Å². The highest BCUT2D eigenvalue weighted by atomic mass is 32.2. The van der Waals surface area contributed by atoms with Crippen LogP contribution in [0.15, 0.2) is 66.1 Å². The Morgan fingerprint density at radius 3 is 2.60 bits per heavy atom. The summed E-state index contributed by atoms with van der Waals surface area (Å²) in [6, 6.07) is 7.98. The van der Waals surface area contributed by atoms with E-state index in [2.05, 4.69) is 10.2 Å². The Labute approximate surface area is 143 Å². The van der Waals surface area contributed by atoms with Crippen LogP contribution in [0.4, 0.5) is 0 Å². The lowest BCUT2D eigenvalue weighted by molar-refractivity contribution is -0.124. The van der Waals surface area contributed by atoms with Crippen LogP contribution in [-0.4, -0.2) is 33.7 Å². The summed E-state index contributed by atoms with van der Waals surface area (Å²) in [5, 5.41) is 15.0. The molecular weight excluding hydrogens is 344 g/mol. The predicted molar refractivity (Wildman–Crippen MR) is 90.0 cm³/mol. The molecule has 9 heteroatoms. The van der Waals surface area contributed by atoms with Gasteiger partial charge in [0.1, 0.15) is 0 Å². The Kier molecular flexibility index (Phi) is 4.50. The summed E-state index contributed by atoms with van der Waals surface area (Å²) in [7, 11) is -3.74. The Balaban J connectivity index is 1.85. The summed E-state index contributed by atoms with van der Waals surface area (Å²) < 4.78 is 26.3. The van der Waals surface area contributed by atoms with Crippen LogP contribution in [0.25, 0.3) is 17.2 Å². The molecule has 0 aliphatic rings. The number of carbonyl (C=O) groups is 1. The molecule has 1 aromatic carbocycles. The fourth-order valence-corrected chi connectivity index (χ4v) is 3.40. The number of rotatable bonds is 5. The second kappa shape index (κ2) is 6.75. The molecule has 2 heterocycles. The predicted octanol–water partition coefficient (Wildman–Crippen LogP) is 1.63. The van der Waals surface area contributed by atoms with E-state index in [1.54, 1.807) is 30.6 Å². The van der Waals surface area contributed by atoms with E-state index in [1.165, 1.54) is 36.1 Å². The SMILES string of the molecule is O=C(/C=C/c1ccn(S(=O)(=O)c2ccc(-c3cn[nH]c3)cc2)c1)NO. The van der Waals surface area contributed by atoms with Crippen LogP contribution in [0.2, 0.25) is 0 Å². The second-order valence-corrected chi connectivity index (χ2v) is 6.94. The zero-order valence-corrected chi connectivity index (χ0v) is 13.6. The number of amides is 1. The topological polar surface area (TPSA) is 117 Å². The van der Waals surface area contributed by atoms with E-state index in [0.717, 1.165) is 21.2 Å². The minimum absolute atomic E-state index is 0.138. The van der Waals surface area contributed by atoms with Gasteiger partial charge in [0.25, 0.3) is 15.9 Å². The van der Waals surface area contributed by atoms with Crippen molar-refractivity contribution < 1.29 is 18.4 Å². The lowest BCUT2D eigenvalue weighted by atomic mass is 10.1. The van der Waals surface area contributed by atoms with Gasteiger partial charge in [-0.05, 0) is 35.4 Å². The third-order valence-electron chi connectivity index (χ3n) is 3.49. The van der Waals surface area contributed by atoms with Crippen molar-refractivity contribution in [2.75, 3.05) is 0 Å². The molecule has 1 amide bonds. The number of hydrogen-bond donors (Lipinski definition) is 3. The van der Waals surface area contributed by atoms with Gasteiger partial charge in [-0.15, -0.1) is 0 Å². The van der Waals surface area contributed by atoms with Gasteiger partial charge >= 0.3 is 0 Å². The van der Waals surface area contributed by atoms with Gasteiger partial charge in [-0.25, -0.2) is 17.9 Å². The van der Waals surface area contributed by atoms with Crippen molar-refractivity contribution in [2.24, 2.45) is 0 Å². The summed E-state index contributed by atoms with van der Waals surface area (Å²) >= 11 is 0. The number of aromatic nitrogens is 3. The van der Waals surface area contributed by atoms with Gasteiger partial charge in [0.15, 0.2) is 0 Å². The maximum absolute atomic E-state index is 12.6. The Morgan fingerprint density at radius 1 is 1.20 bits per heavy atom. The highest BCUT2D eigenvalue weighted by molar-refractivity contribution is 7.90. The van der Waals surface area contributed by atoms with Crippen LogP contribution >= 0.6 is 0 Å². The van der Waals surface area contributed by atoms with E-state index < -0.39 is 15.9 Å². The minimum atomic E-state index is -3.74. The Morgan fingerprint density at radius 2 is 1.96 bits per heavy atom. The van der Waals surface area contributed by atoms with E-state index in [1.807, 2.05) is 0 Å². The largest absolute Gasteiger partial charge is 0.288 e. The molecule has 2 aromatic heterocycles. The van der Waals surface area contributed by atoms with Gasteiger partial charge in [0.05, 0.1) is 11.1 Å². The van der Waals surface area contributed by atoms with Gasteiger partial charge in [0, 0.05) is 30.2 Å². The number of aromatic amines is 1. The van der Waals surface area contributed by atoms with Gasteiger partial charge < -0.3 is 0 Å². The minimum Gasteiger partial charge on any atom is -0.288 e. The molecular formula is C16H14N4O4S.